The number of ether oxygens (including phenoxy) is 1. The molecular weight excluding hydrogens is 336 g/mol. The number of aliphatic carboxylic acids is 1. The zero-order chi connectivity index (χ0) is 18.3. The minimum atomic E-state index is -0.843. The van der Waals surface area contributed by atoms with Gasteiger partial charge in [0.2, 0.25) is 0 Å². The first-order chi connectivity index (χ1) is 12.5. The smallest absolute Gasteiger partial charge is 0.317 e. The lowest BCUT2D eigenvalue weighted by molar-refractivity contribution is -0.138. The molecule has 2 saturated heterocycles. The summed E-state index contributed by atoms with van der Waals surface area (Å²) in [6, 6.07) is 7.25. The van der Waals surface area contributed by atoms with Crippen LogP contribution in [0.4, 0.5) is 0 Å². The number of furan rings is 1. The van der Waals surface area contributed by atoms with Gasteiger partial charge in [-0.15, -0.1) is 0 Å². The van der Waals surface area contributed by atoms with Gasteiger partial charge in [-0.3, -0.25) is 14.5 Å². The minimum absolute atomic E-state index is 0.00468. The molecule has 138 valence electrons. The fourth-order valence-corrected chi connectivity index (χ4v) is 3.98. The van der Waals surface area contributed by atoms with Crippen LogP contribution in [0.3, 0.4) is 0 Å². The van der Waals surface area contributed by atoms with Crippen molar-refractivity contribution in [3.63, 3.8) is 0 Å². The number of carbonyl (C=O) groups is 2. The highest BCUT2D eigenvalue weighted by Crippen LogP contribution is 2.25. The standard InChI is InChI=1S/C19H22N2O5/c1-12-4-15-5-14(2-3-17(15)26-12)19(24)21-7-13-6-20(9-18(22)23)8-16(21)11-25-10-13/h2-5,13,16H,6-11H2,1H3,(H,22,23)/t13-,16-/m0/s1. The van der Waals surface area contributed by atoms with E-state index in [0.717, 1.165) is 16.7 Å². The normalized spacial score (nSPS) is 23.8. The van der Waals surface area contributed by atoms with Crippen LogP contribution < -0.4 is 0 Å². The molecule has 0 radical (unpaired) electrons. The Morgan fingerprint density at radius 3 is 2.85 bits per heavy atom. The van der Waals surface area contributed by atoms with Crippen molar-refractivity contribution in [3.8, 4) is 0 Å². The molecule has 1 aromatic heterocycles. The summed E-state index contributed by atoms with van der Waals surface area (Å²) in [5, 5.41) is 10.0. The van der Waals surface area contributed by atoms with E-state index < -0.39 is 5.97 Å². The molecule has 7 nitrogen and oxygen atoms in total. The molecule has 0 saturated carbocycles. The molecule has 2 aromatic rings. The summed E-state index contributed by atoms with van der Waals surface area (Å²) < 4.78 is 11.3. The predicted molar refractivity (Wildman–Crippen MR) is 94.2 cm³/mol. The predicted octanol–water partition coefficient (Wildman–Crippen LogP) is 1.60. The van der Waals surface area contributed by atoms with E-state index >= 15 is 0 Å². The highest BCUT2D eigenvalue weighted by atomic mass is 16.5. The topological polar surface area (TPSA) is 83.2 Å². The van der Waals surface area contributed by atoms with E-state index in [2.05, 4.69) is 0 Å². The second kappa shape index (κ2) is 6.74. The summed E-state index contributed by atoms with van der Waals surface area (Å²) in [7, 11) is 0. The highest BCUT2D eigenvalue weighted by molar-refractivity contribution is 5.98. The molecule has 0 spiro atoms. The Hall–Kier alpha value is -2.38. The first kappa shape index (κ1) is 17.1. The Labute approximate surface area is 151 Å². The van der Waals surface area contributed by atoms with Crippen LogP contribution >= 0.6 is 0 Å². The second-order valence-corrected chi connectivity index (χ2v) is 7.21. The monoisotopic (exact) mass is 358 g/mol. The van der Waals surface area contributed by atoms with Crippen LogP contribution in [0.25, 0.3) is 11.0 Å². The van der Waals surface area contributed by atoms with Crippen LogP contribution in [-0.4, -0.2) is 72.2 Å². The van der Waals surface area contributed by atoms with Crippen LogP contribution in [0.1, 0.15) is 16.1 Å². The van der Waals surface area contributed by atoms with E-state index in [9.17, 15) is 9.59 Å². The summed E-state index contributed by atoms with van der Waals surface area (Å²) in [6.07, 6.45) is 0. The number of carboxylic acid groups (broad SMARTS) is 1. The summed E-state index contributed by atoms with van der Waals surface area (Å²) in [5.74, 6) is 0.0478. The molecule has 1 aromatic carbocycles. The quantitative estimate of drug-likeness (QED) is 0.897. The zero-order valence-electron chi connectivity index (χ0n) is 14.7. The van der Waals surface area contributed by atoms with Crippen molar-refractivity contribution in [2.24, 2.45) is 5.92 Å². The molecule has 4 rings (SSSR count). The highest BCUT2D eigenvalue weighted by Gasteiger charge is 2.36. The maximum absolute atomic E-state index is 13.2. The molecule has 7 heteroatoms. The number of carbonyl (C=O) groups excluding carboxylic acids is 1. The summed E-state index contributed by atoms with van der Waals surface area (Å²) in [6.45, 7) is 4.60. The molecule has 26 heavy (non-hydrogen) atoms. The Morgan fingerprint density at radius 1 is 1.19 bits per heavy atom. The molecule has 2 aliphatic rings. The number of hydrogen-bond donors (Lipinski definition) is 1. The van der Waals surface area contributed by atoms with Crippen LogP contribution in [0.15, 0.2) is 28.7 Å². The summed E-state index contributed by atoms with van der Waals surface area (Å²) in [4.78, 5) is 28.0. The number of benzene rings is 1. The third-order valence-electron chi connectivity index (χ3n) is 5.05. The Balaban J connectivity index is 1.60. The van der Waals surface area contributed by atoms with Crippen molar-refractivity contribution in [2.75, 3.05) is 39.4 Å². The van der Waals surface area contributed by atoms with Crippen molar-refractivity contribution >= 4 is 22.8 Å². The molecule has 2 fully saturated rings. The van der Waals surface area contributed by atoms with Gasteiger partial charge in [-0.2, -0.15) is 0 Å². The minimum Gasteiger partial charge on any atom is -0.480 e. The Kier molecular flexibility index (Phi) is 4.42. The average Bonchev–Trinajstić information content (AvgIpc) is 2.72. The van der Waals surface area contributed by atoms with Crippen molar-refractivity contribution in [1.29, 1.82) is 0 Å². The number of nitrogens with zero attached hydrogens (tertiary/aromatic N) is 2. The Bertz CT molecular complexity index is 846. The number of amides is 1. The van der Waals surface area contributed by atoms with E-state index in [4.69, 9.17) is 14.3 Å². The molecule has 2 bridgehead atoms. The van der Waals surface area contributed by atoms with Gasteiger partial charge in [0.15, 0.2) is 0 Å². The number of carboxylic acids is 1. The van der Waals surface area contributed by atoms with Gasteiger partial charge in [-0.05, 0) is 31.2 Å². The van der Waals surface area contributed by atoms with E-state index in [1.54, 1.807) is 6.07 Å². The molecule has 0 unspecified atom stereocenters. The fraction of sp³-hybridized carbons (Fsp3) is 0.474. The molecular formula is C19H22N2O5. The first-order valence-corrected chi connectivity index (χ1v) is 8.82. The average molecular weight is 358 g/mol. The van der Waals surface area contributed by atoms with Crippen LogP contribution in [-0.2, 0) is 9.53 Å². The molecule has 1 amide bonds. The van der Waals surface area contributed by atoms with Gasteiger partial charge in [-0.1, -0.05) is 0 Å². The van der Waals surface area contributed by atoms with Gasteiger partial charge in [0.1, 0.15) is 11.3 Å². The fourth-order valence-electron chi connectivity index (χ4n) is 3.98. The maximum Gasteiger partial charge on any atom is 0.317 e. The van der Waals surface area contributed by atoms with Crippen molar-refractivity contribution in [2.45, 2.75) is 13.0 Å². The largest absolute Gasteiger partial charge is 0.480 e. The Morgan fingerprint density at radius 2 is 2.04 bits per heavy atom. The van der Waals surface area contributed by atoms with Crippen LogP contribution in [0.2, 0.25) is 0 Å². The molecule has 3 heterocycles. The van der Waals surface area contributed by atoms with Gasteiger partial charge >= 0.3 is 5.97 Å². The molecule has 2 atom stereocenters. The van der Waals surface area contributed by atoms with Gasteiger partial charge in [0, 0.05) is 36.5 Å². The summed E-state index contributed by atoms with van der Waals surface area (Å²) in [5.41, 5.74) is 1.39. The van der Waals surface area contributed by atoms with E-state index in [1.807, 2.05) is 34.9 Å². The third-order valence-corrected chi connectivity index (χ3v) is 5.05. The van der Waals surface area contributed by atoms with Gasteiger partial charge in [0.25, 0.3) is 5.91 Å². The molecule has 1 N–H and O–H groups in total. The lowest BCUT2D eigenvalue weighted by Crippen LogP contribution is -2.47. The molecule has 2 aliphatic heterocycles. The lowest BCUT2D eigenvalue weighted by atomic mass is 10.1. The summed E-state index contributed by atoms with van der Waals surface area (Å²) >= 11 is 0. The van der Waals surface area contributed by atoms with Crippen molar-refractivity contribution in [3.05, 3.63) is 35.6 Å². The van der Waals surface area contributed by atoms with Gasteiger partial charge in [-0.25, -0.2) is 0 Å². The number of rotatable bonds is 3. The van der Waals surface area contributed by atoms with Gasteiger partial charge < -0.3 is 19.2 Å². The second-order valence-electron chi connectivity index (χ2n) is 7.21. The van der Waals surface area contributed by atoms with Gasteiger partial charge in [0.05, 0.1) is 25.8 Å². The van der Waals surface area contributed by atoms with Crippen LogP contribution in [0, 0.1) is 12.8 Å². The number of aryl methyl sites for hydroxylation is 1. The number of fused-ring (bicyclic) bond motifs is 4. The van der Waals surface area contributed by atoms with Crippen LogP contribution in [0.5, 0.6) is 0 Å². The first-order valence-electron chi connectivity index (χ1n) is 8.82. The SMILES string of the molecule is Cc1cc2cc(C(=O)N3C[C@H]4COC[C@@H]3CN(CC(=O)O)C4)ccc2o1. The van der Waals surface area contributed by atoms with E-state index in [0.29, 0.717) is 38.4 Å². The third kappa shape index (κ3) is 3.32. The number of hydrogen-bond acceptors (Lipinski definition) is 5. The maximum atomic E-state index is 13.2. The lowest BCUT2D eigenvalue weighted by Gasteiger charge is -2.30. The zero-order valence-corrected chi connectivity index (χ0v) is 14.7. The molecule has 0 aliphatic carbocycles. The van der Waals surface area contributed by atoms with E-state index in [1.165, 1.54) is 0 Å². The van der Waals surface area contributed by atoms with Crippen molar-refractivity contribution in [1.82, 2.24) is 9.80 Å². The van der Waals surface area contributed by atoms with E-state index in [-0.39, 0.29) is 24.4 Å². The van der Waals surface area contributed by atoms with Crippen molar-refractivity contribution < 1.29 is 23.8 Å².